The second-order valence-electron chi connectivity index (χ2n) is 2.78. The molecule has 0 unspecified atom stereocenters. The van der Waals surface area contributed by atoms with Crippen molar-refractivity contribution in [1.29, 1.82) is 0 Å². The number of urea groups is 1. The molecule has 2 N–H and O–H groups in total. The Kier molecular flexibility index (Phi) is 2.49. The van der Waals surface area contributed by atoms with Crippen molar-refractivity contribution in [1.82, 2.24) is 10.4 Å². The normalized spacial score (nSPS) is 20.1. The van der Waals surface area contributed by atoms with Gasteiger partial charge in [0.05, 0.1) is 26.8 Å². The fourth-order valence-electron chi connectivity index (χ4n) is 1.03. The van der Waals surface area contributed by atoms with Crippen LogP contribution >= 0.6 is 0 Å². The second-order valence-corrected chi connectivity index (χ2v) is 2.78. The van der Waals surface area contributed by atoms with Gasteiger partial charge in [-0.1, -0.05) is 0 Å². The van der Waals surface area contributed by atoms with Crippen molar-refractivity contribution in [2.75, 3.05) is 26.8 Å². The molecule has 0 spiro atoms. The SMILES string of the molecule is CONC(=O)N1CC(F)(CO)C1. The molecule has 0 saturated carbocycles. The lowest BCUT2D eigenvalue weighted by Crippen LogP contribution is -2.64. The molecular weight excluding hydrogens is 167 g/mol. The molecule has 5 nitrogen and oxygen atoms in total. The van der Waals surface area contributed by atoms with Gasteiger partial charge in [-0.3, -0.25) is 4.84 Å². The number of halogens is 1. The highest BCUT2D eigenvalue weighted by Crippen LogP contribution is 2.24. The molecule has 0 bridgehead atoms. The van der Waals surface area contributed by atoms with Crippen LogP contribution in [0.3, 0.4) is 0 Å². The molecule has 12 heavy (non-hydrogen) atoms. The molecule has 1 aliphatic heterocycles. The first-order valence-corrected chi connectivity index (χ1v) is 3.49. The molecule has 2 amide bonds. The fraction of sp³-hybridized carbons (Fsp3) is 0.833. The van der Waals surface area contributed by atoms with E-state index in [1.807, 2.05) is 5.48 Å². The summed E-state index contributed by atoms with van der Waals surface area (Å²) >= 11 is 0. The second kappa shape index (κ2) is 3.24. The molecule has 1 rings (SSSR count). The van der Waals surface area contributed by atoms with Crippen molar-refractivity contribution in [2.24, 2.45) is 0 Å². The largest absolute Gasteiger partial charge is 0.393 e. The first-order valence-electron chi connectivity index (χ1n) is 3.49. The first kappa shape index (κ1) is 9.21. The minimum Gasteiger partial charge on any atom is -0.393 e. The quantitative estimate of drug-likeness (QED) is 0.548. The molecule has 0 aromatic carbocycles. The van der Waals surface area contributed by atoms with Crippen molar-refractivity contribution in [3.05, 3.63) is 0 Å². The Labute approximate surface area is 69.1 Å². The number of aliphatic hydroxyl groups is 1. The molecule has 0 aromatic rings. The van der Waals surface area contributed by atoms with Crippen LogP contribution in [0.1, 0.15) is 0 Å². The molecule has 6 heteroatoms. The maximum Gasteiger partial charge on any atom is 0.341 e. The van der Waals surface area contributed by atoms with E-state index in [-0.39, 0.29) is 13.1 Å². The van der Waals surface area contributed by atoms with E-state index in [9.17, 15) is 9.18 Å². The zero-order chi connectivity index (χ0) is 9.19. The maximum atomic E-state index is 13.0. The van der Waals surface area contributed by atoms with E-state index in [1.165, 1.54) is 12.0 Å². The zero-order valence-corrected chi connectivity index (χ0v) is 6.71. The summed E-state index contributed by atoms with van der Waals surface area (Å²) in [6, 6.07) is -0.487. The molecule has 1 saturated heterocycles. The predicted molar refractivity (Wildman–Crippen MR) is 38.0 cm³/mol. The van der Waals surface area contributed by atoms with Gasteiger partial charge < -0.3 is 10.0 Å². The number of amides is 2. The van der Waals surface area contributed by atoms with Gasteiger partial charge in [0.2, 0.25) is 0 Å². The Morgan fingerprint density at radius 1 is 1.83 bits per heavy atom. The number of carbonyl (C=O) groups is 1. The van der Waals surface area contributed by atoms with Crippen LogP contribution in [0.4, 0.5) is 9.18 Å². The molecule has 1 fully saturated rings. The molecule has 0 aliphatic carbocycles. The van der Waals surface area contributed by atoms with E-state index < -0.39 is 18.3 Å². The van der Waals surface area contributed by atoms with E-state index in [0.29, 0.717) is 0 Å². The zero-order valence-electron chi connectivity index (χ0n) is 6.71. The third kappa shape index (κ3) is 1.64. The molecule has 1 aliphatic rings. The summed E-state index contributed by atoms with van der Waals surface area (Å²) in [6.07, 6.45) is 0. The Balaban J connectivity index is 2.29. The number of likely N-dealkylation sites (tertiary alicyclic amines) is 1. The van der Waals surface area contributed by atoms with Gasteiger partial charge in [0.25, 0.3) is 0 Å². The van der Waals surface area contributed by atoms with Crippen LogP contribution in [0, 0.1) is 0 Å². The Bertz CT molecular complexity index is 182. The number of hydroxylamine groups is 1. The molecule has 0 aromatic heterocycles. The first-order chi connectivity index (χ1) is 5.61. The van der Waals surface area contributed by atoms with E-state index in [1.54, 1.807) is 0 Å². The number of hydrogen-bond acceptors (Lipinski definition) is 3. The third-order valence-electron chi connectivity index (χ3n) is 1.71. The predicted octanol–water partition coefficient (Wildman–Crippen LogP) is -0.726. The highest BCUT2D eigenvalue weighted by atomic mass is 19.1. The summed E-state index contributed by atoms with van der Waals surface area (Å²) in [7, 11) is 1.30. The van der Waals surface area contributed by atoms with Crippen molar-refractivity contribution in [2.45, 2.75) is 5.67 Å². The number of carbonyl (C=O) groups excluding carboxylic acids is 1. The lowest BCUT2D eigenvalue weighted by Gasteiger charge is -2.42. The number of alkyl halides is 1. The topological polar surface area (TPSA) is 61.8 Å². The van der Waals surface area contributed by atoms with E-state index in [0.717, 1.165) is 0 Å². The summed E-state index contributed by atoms with van der Waals surface area (Å²) in [5.41, 5.74) is 0.428. The summed E-state index contributed by atoms with van der Waals surface area (Å²) in [6.45, 7) is -0.721. The van der Waals surface area contributed by atoms with Gasteiger partial charge in [-0.2, -0.15) is 0 Å². The summed E-state index contributed by atoms with van der Waals surface area (Å²) < 4.78 is 13.0. The number of nitrogens with one attached hydrogen (secondary N) is 1. The van der Waals surface area contributed by atoms with Gasteiger partial charge in [0, 0.05) is 0 Å². The average Bonchev–Trinajstić information content (AvgIpc) is 1.99. The fourth-order valence-corrected chi connectivity index (χ4v) is 1.03. The van der Waals surface area contributed by atoms with Crippen molar-refractivity contribution >= 4 is 6.03 Å². The Hall–Kier alpha value is -0.880. The average molecular weight is 178 g/mol. The monoisotopic (exact) mass is 178 g/mol. The highest BCUT2D eigenvalue weighted by molar-refractivity contribution is 5.74. The smallest absolute Gasteiger partial charge is 0.341 e. The molecular formula is C6H11FN2O3. The van der Waals surface area contributed by atoms with Gasteiger partial charge in [0.1, 0.15) is 0 Å². The number of hydrogen-bond donors (Lipinski definition) is 2. The minimum atomic E-state index is -1.62. The minimum absolute atomic E-state index is 0.0846. The van der Waals surface area contributed by atoms with Gasteiger partial charge in [-0.15, -0.1) is 0 Å². The maximum absolute atomic E-state index is 13.0. The van der Waals surface area contributed by atoms with Crippen LogP contribution in [-0.4, -0.2) is 48.5 Å². The molecule has 1 heterocycles. The van der Waals surface area contributed by atoms with Crippen molar-refractivity contribution < 1.29 is 19.1 Å². The van der Waals surface area contributed by atoms with Gasteiger partial charge in [-0.05, 0) is 0 Å². The summed E-state index contributed by atoms with van der Waals surface area (Å²) in [5.74, 6) is 0. The number of nitrogens with zero attached hydrogens (tertiary/aromatic N) is 1. The van der Waals surface area contributed by atoms with Gasteiger partial charge >= 0.3 is 6.03 Å². The van der Waals surface area contributed by atoms with Crippen molar-refractivity contribution in [3.8, 4) is 0 Å². The van der Waals surface area contributed by atoms with Crippen LogP contribution < -0.4 is 5.48 Å². The van der Waals surface area contributed by atoms with E-state index in [2.05, 4.69) is 4.84 Å². The number of rotatable bonds is 2. The van der Waals surface area contributed by atoms with Crippen LogP contribution in [-0.2, 0) is 4.84 Å². The van der Waals surface area contributed by atoms with Crippen LogP contribution in [0.5, 0.6) is 0 Å². The van der Waals surface area contributed by atoms with Gasteiger partial charge in [0.15, 0.2) is 5.67 Å². The standard InChI is InChI=1S/C6H11FN2O3/c1-12-8-5(11)9-2-6(7,3-9)4-10/h10H,2-4H2,1H3,(H,8,11). The lowest BCUT2D eigenvalue weighted by molar-refractivity contribution is -0.0523. The molecule has 70 valence electrons. The Morgan fingerprint density at radius 2 is 2.42 bits per heavy atom. The van der Waals surface area contributed by atoms with Crippen LogP contribution in [0.15, 0.2) is 0 Å². The lowest BCUT2D eigenvalue weighted by atomic mass is 9.98. The van der Waals surface area contributed by atoms with Gasteiger partial charge in [-0.25, -0.2) is 14.7 Å². The number of aliphatic hydroxyl groups excluding tert-OH is 1. The Morgan fingerprint density at radius 3 is 2.83 bits per heavy atom. The van der Waals surface area contributed by atoms with E-state index in [4.69, 9.17) is 5.11 Å². The molecule has 0 atom stereocenters. The highest BCUT2D eigenvalue weighted by Gasteiger charge is 2.45. The van der Waals surface area contributed by atoms with Crippen LogP contribution in [0.2, 0.25) is 0 Å². The van der Waals surface area contributed by atoms with E-state index >= 15 is 0 Å². The van der Waals surface area contributed by atoms with Crippen LogP contribution in [0.25, 0.3) is 0 Å². The summed E-state index contributed by atoms with van der Waals surface area (Å²) in [4.78, 5) is 16.4. The summed E-state index contributed by atoms with van der Waals surface area (Å²) in [5, 5.41) is 8.51. The third-order valence-corrected chi connectivity index (χ3v) is 1.71. The molecule has 0 radical (unpaired) electrons. The van der Waals surface area contributed by atoms with Crippen molar-refractivity contribution in [3.63, 3.8) is 0 Å².